The smallest absolute Gasteiger partial charge is 0.259 e. The number of carbonyl (C=O) groups excluding carboxylic acids is 1. The van der Waals surface area contributed by atoms with Crippen molar-refractivity contribution in [1.29, 1.82) is 0 Å². The summed E-state index contributed by atoms with van der Waals surface area (Å²) < 4.78 is 0. The summed E-state index contributed by atoms with van der Waals surface area (Å²) >= 11 is 17.9. The van der Waals surface area contributed by atoms with Crippen molar-refractivity contribution in [2.24, 2.45) is 11.8 Å². The Labute approximate surface area is 133 Å². The molecule has 1 aliphatic heterocycles. The van der Waals surface area contributed by atoms with Crippen LogP contribution < -0.4 is 0 Å². The van der Waals surface area contributed by atoms with Gasteiger partial charge < -0.3 is 10.0 Å². The van der Waals surface area contributed by atoms with Gasteiger partial charge in [-0.1, -0.05) is 48.7 Å². The van der Waals surface area contributed by atoms with Gasteiger partial charge in [-0.2, -0.15) is 0 Å². The number of aromatic hydroxyl groups is 1. The summed E-state index contributed by atoms with van der Waals surface area (Å²) in [6.45, 7) is 5.48. The normalized spacial score (nSPS) is 22.9. The number of halogens is 3. The number of nitrogens with zero attached hydrogens (tertiary/aromatic N) is 1. The standard InChI is InChI=1S/C14H16Cl3NO2/c1-7-3-8(2)6-18(5-7)14(20)11-12(17)9(15)4-10(16)13(11)19/h4,7-8,19H,3,5-6H2,1-2H3. The molecule has 2 unspecified atom stereocenters. The molecule has 1 heterocycles. The van der Waals surface area contributed by atoms with Gasteiger partial charge in [-0.25, -0.2) is 0 Å². The Balaban J connectivity index is 2.39. The summed E-state index contributed by atoms with van der Waals surface area (Å²) in [6.07, 6.45) is 1.08. The van der Waals surface area contributed by atoms with Crippen LogP contribution in [0.4, 0.5) is 0 Å². The Morgan fingerprint density at radius 3 is 2.30 bits per heavy atom. The minimum absolute atomic E-state index is 0.00883. The lowest BCUT2D eigenvalue weighted by molar-refractivity contribution is 0.0620. The van der Waals surface area contributed by atoms with Gasteiger partial charge in [0.05, 0.1) is 15.1 Å². The zero-order valence-corrected chi connectivity index (χ0v) is 13.6. The van der Waals surface area contributed by atoms with E-state index in [9.17, 15) is 9.90 Å². The van der Waals surface area contributed by atoms with Gasteiger partial charge >= 0.3 is 0 Å². The number of phenolic OH excluding ortho intramolecular Hbond substituents is 1. The van der Waals surface area contributed by atoms with E-state index < -0.39 is 0 Å². The molecule has 20 heavy (non-hydrogen) atoms. The maximum Gasteiger partial charge on any atom is 0.259 e. The molecule has 1 fully saturated rings. The second-order valence-corrected chi connectivity index (χ2v) is 6.73. The van der Waals surface area contributed by atoms with Crippen molar-refractivity contribution in [3.05, 3.63) is 26.7 Å². The van der Waals surface area contributed by atoms with Crippen LogP contribution >= 0.6 is 34.8 Å². The number of hydrogen-bond donors (Lipinski definition) is 1. The number of hydrogen-bond acceptors (Lipinski definition) is 2. The molecule has 110 valence electrons. The lowest BCUT2D eigenvalue weighted by atomic mass is 9.91. The molecule has 0 spiro atoms. The van der Waals surface area contributed by atoms with Gasteiger partial charge in [-0.05, 0) is 24.3 Å². The molecule has 0 radical (unpaired) electrons. The SMILES string of the molecule is CC1CC(C)CN(C(=O)c2c(O)c(Cl)cc(Cl)c2Cl)C1. The first-order valence-electron chi connectivity index (χ1n) is 6.47. The zero-order valence-electron chi connectivity index (χ0n) is 11.3. The zero-order chi connectivity index (χ0) is 15.0. The second kappa shape index (κ2) is 6.00. The van der Waals surface area contributed by atoms with Crippen LogP contribution in [0, 0.1) is 11.8 Å². The lowest BCUT2D eigenvalue weighted by Gasteiger charge is -2.35. The van der Waals surface area contributed by atoms with Crippen LogP contribution in [0.3, 0.4) is 0 Å². The first-order chi connectivity index (χ1) is 9.31. The molecular formula is C14H16Cl3NO2. The van der Waals surface area contributed by atoms with Crippen molar-refractivity contribution in [3.63, 3.8) is 0 Å². The third-order valence-electron chi connectivity index (χ3n) is 3.52. The van der Waals surface area contributed by atoms with E-state index in [4.69, 9.17) is 34.8 Å². The highest BCUT2D eigenvalue weighted by molar-refractivity contribution is 6.45. The monoisotopic (exact) mass is 335 g/mol. The van der Waals surface area contributed by atoms with Gasteiger partial charge in [0, 0.05) is 13.1 Å². The van der Waals surface area contributed by atoms with Gasteiger partial charge in [0.25, 0.3) is 5.91 Å². The first-order valence-corrected chi connectivity index (χ1v) is 7.60. The minimum atomic E-state index is -0.324. The molecule has 1 aliphatic rings. The number of rotatable bonds is 1. The summed E-state index contributed by atoms with van der Waals surface area (Å²) in [5.41, 5.74) is -0.00883. The number of carbonyl (C=O) groups is 1. The molecule has 6 heteroatoms. The van der Waals surface area contributed by atoms with Crippen molar-refractivity contribution < 1.29 is 9.90 Å². The van der Waals surface area contributed by atoms with E-state index in [2.05, 4.69) is 13.8 Å². The van der Waals surface area contributed by atoms with Crippen molar-refractivity contribution in [2.75, 3.05) is 13.1 Å². The van der Waals surface area contributed by atoms with E-state index >= 15 is 0 Å². The van der Waals surface area contributed by atoms with Gasteiger partial charge in [0.15, 0.2) is 0 Å². The van der Waals surface area contributed by atoms with E-state index in [0.29, 0.717) is 24.9 Å². The van der Waals surface area contributed by atoms with Crippen LogP contribution in [-0.2, 0) is 0 Å². The van der Waals surface area contributed by atoms with Crippen LogP contribution in [0.5, 0.6) is 5.75 Å². The summed E-state index contributed by atoms with van der Waals surface area (Å²) in [4.78, 5) is 14.3. The topological polar surface area (TPSA) is 40.5 Å². The number of phenols is 1. The van der Waals surface area contributed by atoms with E-state index in [1.165, 1.54) is 6.07 Å². The second-order valence-electron chi connectivity index (χ2n) is 5.53. The highest BCUT2D eigenvalue weighted by atomic mass is 35.5. The molecule has 0 aliphatic carbocycles. The van der Waals surface area contributed by atoms with Gasteiger partial charge in [0.2, 0.25) is 0 Å². The maximum atomic E-state index is 12.6. The molecule has 2 atom stereocenters. The Bertz CT molecular complexity index is 511. The highest BCUT2D eigenvalue weighted by Gasteiger charge is 2.30. The van der Waals surface area contributed by atoms with Crippen LogP contribution in [0.25, 0.3) is 0 Å². The largest absolute Gasteiger partial charge is 0.505 e. The Morgan fingerprint density at radius 1 is 1.20 bits per heavy atom. The minimum Gasteiger partial charge on any atom is -0.505 e. The van der Waals surface area contributed by atoms with Crippen LogP contribution in [0.2, 0.25) is 15.1 Å². The van der Waals surface area contributed by atoms with Crippen molar-refractivity contribution in [2.45, 2.75) is 20.3 Å². The third kappa shape index (κ3) is 3.00. The van der Waals surface area contributed by atoms with Crippen LogP contribution in [-0.4, -0.2) is 29.0 Å². The van der Waals surface area contributed by atoms with Gasteiger partial charge in [0.1, 0.15) is 11.3 Å². The summed E-state index contributed by atoms with van der Waals surface area (Å²) in [5.74, 6) is 0.198. The molecule has 2 rings (SSSR count). The molecule has 1 saturated heterocycles. The molecule has 0 aromatic heterocycles. The van der Waals surface area contributed by atoms with Crippen molar-refractivity contribution in [1.82, 2.24) is 4.90 Å². The predicted molar refractivity (Wildman–Crippen MR) is 82.0 cm³/mol. The van der Waals surface area contributed by atoms with E-state index in [0.717, 1.165) is 6.42 Å². The van der Waals surface area contributed by atoms with Gasteiger partial charge in [-0.15, -0.1) is 0 Å². The Kier molecular flexibility index (Phi) is 4.73. The number of amides is 1. The summed E-state index contributed by atoms with van der Waals surface area (Å²) in [6, 6.07) is 1.33. The molecule has 3 nitrogen and oxygen atoms in total. The van der Waals surface area contributed by atoms with E-state index in [1.807, 2.05) is 0 Å². The molecule has 0 saturated carbocycles. The molecule has 0 bridgehead atoms. The maximum absolute atomic E-state index is 12.6. The summed E-state index contributed by atoms with van der Waals surface area (Å²) in [7, 11) is 0. The molecular weight excluding hydrogens is 321 g/mol. The number of likely N-dealkylation sites (tertiary alicyclic amines) is 1. The van der Waals surface area contributed by atoms with Crippen LogP contribution in [0.1, 0.15) is 30.6 Å². The van der Waals surface area contributed by atoms with Crippen LogP contribution in [0.15, 0.2) is 6.07 Å². The average Bonchev–Trinajstić information content (AvgIpc) is 2.35. The average molecular weight is 337 g/mol. The van der Waals surface area contributed by atoms with E-state index in [-0.39, 0.29) is 32.3 Å². The molecule has 1 aromatic carbocycles. The predicted octanol–water partition coefficient (Wildman–Crippen LogP) is 4.47. The lowest BCUT2D eigenvalue weighted by Crippen LogP contribution is -2.42. The highest BCUT2D eigenvalue weighted by Crippen LogP contribution is 2.39. The quantitative estimate of drug-likeness (QED) is 0.769. The van der Waals surface area contributed by atoms with Gasteiger partial charge in [-0.3, -0.25) is 4.79 Å². The molecule has 1 N–H and O–H groups in total. The summed E-state index contributed by atoms with van der Waals surface area (Å²) in [5, 5.41) is 10.3. The fraction of sp³-hybridized carbons (Fsp3) is 0.500. The van der Waals surface area contributed by atoms with E-state index in [1.54, 1.807) is 4.90 Å². The number of piperidine rings is 1. The first kappa shape index (κ1) is 15.7. The Hall–Kier alpha value is -0.640. The fourth-order valence-corrected chi connectivity index (χ4v) is 3.46. The Morgan fingerprint density at radius 2 is 1.75 bits per heavy atom. The fourth-order valence-electron chi connectivity index (χ4n) is 2.77. The van der Waals surface area contributed by atoms with Crippen molar-refractivity contribution in [3.8, 4) is 5.75 Å². The molecule has 1 amide bonds. The number of benzene rings is 1. The third-order valence-corrected chi connectivity index (χ3v) is 4.59. The van der Waals surface area contributed by atoms with Crippen molar-refractivity contribution >= 4 is 40.7 Å². The molecule has 1 aromatic rings.